The van der Waals surface area contributed by atoms with Gasteiger partial charge in [-0.05, 0) is 18.2 Å². The zero-order chi connectivity index (χ0) is 12.3. The van der Waals surface area contributed by atoms with Crippen LogP contribution in [-0.4, -0.2) is 9.97 Å². The number of hydrazine groups is 1. The number of aromatic nitrogens is 2. The van der Waals surface area contributed by atoms with Crippen molar-refractivity contribution in [3.63, 3.8) is 0 Å². The zero-order valence-corrected chi connectivity index (χ0v) is 9.57. The summed E-state index contributed by atoms with van der Waals surface area (Å²) in [5.41, 5.74) is 8.75. The van der Waals surface area contributed by atoms with Crippen LogP contribution in [-0.2, 0) is 0 Å². The van der Waals surface area contributed by atoms with E-state index >= 15 is 0 Å². The number of nitrogen functional groups attached to an aromatic ring is 2. The summed E-state index contributed by atoms with van der Waals surface area (Å²) in [4.78, 5) is 7.90. The van der Waals surface area contributed by atoms with Gasteiger partial charge in [-0.15, -0.1) is 0 Å². The molecule has 0 radical (unpaired) electrons. The largest absolute Gasteiger partial charge is 0.368 e. The van der Waals surface area contributed by atoms with Crippen molar-refractivity contribution < 1.29 is 0 Å². The average molecular weight is 251 g/mol. The van der Waals surface area contributed by atoms with Crippen molar-refractivity contribution in [2.45, 2.75) is 0 Å². The fraction of sp³-hybridized carbons (Fsp3) is 0. The fourth-order valence-corrected chi connectivity index (χ4v) is 1.51. The van der Waals surface area contributed by atoms with E-state index in [1.54, 1.807) is 18.2 Å². The molecule has 1 aromatic heterocycles. The van der Waals surface area contributed by atoms with Crippen LogP contribution in [0.4, 0.5) is 23.3 Å². The van der Waals surface area contributed by atoms with Crippen molar-refractivity contribution in [2.24, 2.45) is 5.84 Å². The second kappa shape index (κ2) is 4.86. The third-order valence-corrected chi connectivity index (χ3v) is 2.22. The normalized spacial score (nSPS) is 10.0. The number of nitrogens with one attached hydrogen (secondary N) is 2. The third kappa shape index (κ3) is 2.96. The average Bonchev–Trinajstić information content (AvgIpc) is 2.28. The van der Waals surface area contributed by atoms with Crippen LogP contribution >= 0.6 is 11.6 Å². The highest BCUT2D eigenvalue weighted by Crippen LogP contribution is 2.20. The van der Waals surface area contributed by atoms with E-state index in [4.69, 9.17) is 23.2 Å². The fourth-order valence-electron chi connectivity index (χ4n) is 1.32. The Bertz CT molecular complexity index is 530. The van der Waals surface area contributed by atoms with Crippen LogP contribution in [0.15, 0.2) is 30.3 Å². The van der Waals surface area contributed by atoms with E-state index in [1.165, 1.54) is 0 Å². The molecule has 0 spiro atoms. The van der Waals surface area contributed by atoms with E-state index in [0.29, 0.717) is 16.7 Å². The van der Waals surface area contributed by atoms with Crippen LogP contribution < -0.4 is 22.3 Å². The summed E-state index contributed by atoms with van der Waals surface area (Å²) in [7, 11) is 0. The highest BCUT2D eigenvalue weighted by molar-refractivity contribution is 6.30. The minimum Gasteiger partial charge on any atom is -0.368 e. The smallest absolute Gasteiger partial charge is 0.223 e. The number of hydrogen-bond donors (Lipinski definition) is 4. The Kier molecular flexibility index (Phi) is 3.27. The standard InChI is InChI=1S/C10H11ClN6/c11-6-2-1-3-7(4-6)14-8-5-9(17-13)16-10(12)15-8/h1-5H,13H2,(H4,12,14,15,16,17). The van der Waals surface area contributed by atoms with E-state index < -0.39 is 0 Å². The van der Waals surface area contributed by atoms with Crippen LogP contribution in [0.1, 0.15) is 0 Å². The lowest BCUT2D eigenvalue weighted by Gasteiger charge is -2.08. The molecule has 0 atom stereocenters. The summed E-state index contributed by atoms with van der Waals surface area (Å²) in [5.74, 6) is 6.36. The number of anilines is 4. The number of nitrogens with two attached hydrogens (primary N) is 2. The molecule has 0 aliphatic carbocycles. The van der Waals surface area contributed by atoms with Crippen LogP contribution in [0.2, 0.25) is 5.02 Å². The van der Waals surface area contributed by atoms with E-state index in [-0.39, 0.29) is 5.95 Å². The van der Waals surface area contributed by atoms with Crippen molar-refractivity contribution in [1.29, 1.82) is 0 Å². The van der Waals surface area contributed by atoms with Crippen molar-refractivity contribution in [2.75, 3.05) is 16.5 Å². The van der Waals surface area contributed by atoms with Crippen molar-refractivity contribution >= 4 is 34.9 Å². The van der Waals surface area contributed by atoms with E-state index in [0.717, 1.165) is 5.69 Å². The highest BCUT2D eigenvalue weighted by Gasteiger charge is 2.02. The number of rotatable bonds is 3. The molecule has 0 amide bonds. The molecule has 0 aliphatic heterocycles. The van der Waals surface area contributed by atoms with E-state index in [2.05, 4.69) is 20.7 Å². The maximum Gasteiger partial charge on any atom is 0.223 e. The Morgan fingerprint density at radius 3 is 2.59 bits per heavy atom. The van der Waals surface area contributed by atoms with E-state index in [9.17, 15) is 0 Å². The molecule has 0 aliphatic rings. The molecule has 2 aromatic rings. The van der Waals surface area contributed by atoms with Crippen molar-refractivity contribution in [3.05, 3.63) is 35.4 Å². The number of halogens is 1. The Balaban J connectivity index is 2.26. The number of benzene rings is 1. The molecule has 0 saturated heterocycles. The van der Waals surface area contributed by atoms with Crippen LogP contribution in [0.25, 0.3) is 0 Å². The molecule has 17 heavy (non-hydrogen) atoms. The van der Waals surface area contributed by atoms with Gasteiger partial charge in [0.15, 0.2) is 0 Å². The molecule has 7 heteroatoms. The first-order chi connectivity index (χ1) is 8.17. The lowest BCUT2D eigenvalue weighted by Crippen LogP contribution is -2.11. The number of nitrogens with zero attached hydrogens (tertiary/aromatic N) is 2. The molecule has 6 N–H and O–H groups in total. The molecule has 2 rings (SSSR count). The minimum atomic E-state index is 0.130. The summed E-state index contributed by atoms with van der Waals surface area (Å²) in [6.45, 7) is 0. The Hall–Kier alpha value is -2.05. The molecule has 0 saturated carbocycles. The summed E-state index contributed by atoms with van der Waals surface area (Å²) in [6, 6.07) is 8.89. The summed E-state index contributed by atoms with van der Waals surface area (Å²) in [6.07, 6.45) is 0. The van der Waals surface area contributed by atoms with Gasteiger partial charge >= 0.3 is 0 Å². The van der Waals surface area contributed by atoms with Gasteiger partial charge in [0.25, 0.3) is 0 Å². The molecular formula is C10H11ClN6. The number of hydrogen-bond acceptors (Lipinski definition) is 6. The first kappa shape index (κ1) is 11.4. The Labute approximate surface area is 103 Å². The quantitative estimate of drug-likeness (QED) is 0.489. The Morgan fingerprint density at radius 2 is 1.88 bits per heavy atom. The molecule has 6 nitrogen and oxygen atoms in total. The first-order valence-electron chi connectivity index (χ1n) is 4.81. The summed E-state index contributed by atoms with van der Waals surface area (Å²) in [5, 5.41) is 3.68. The van der Waals surface area contributed by atoms with Gasteiger partial charge in [0.05, 0.1) is 0 Å². The lowest BCUT2D eigenvalue weighted by atomic mass is 10.3. The second-order valence-electron chi connectivity index (χ2n) is 3.28. The third-order valence-electron chi connectivity index (χ3n) is 1.99. The monoisotopic (exact) mass is 250 g/mol. The SMILES string of the molecule is NNc1cc(Nc2cccc(Cl)c2)nc(N)n1. The molecule has 0 bridgehead atoms. The van der Waals surface area contributed by atoms with Gasteiger partial charge in [0.2, 0.25) is 5.95 Å². The van der Waals surface area contributed by atoms with Gasteiger partial charge in [-0.1, -0.05) is 17.7 Å². The zero-order valence-electron chi connectivity index (χ0n) is 8.81. The Morgan fingerprint density at radius 1 is 1.12 bits per heavy atom. The molecular weight excluding hydrogens is 240 g/mol. The van der Waals surface area contributed by atoms with Gasteiger partial charge in [-0.25, -0.2) is 5.84 Å². The predicted octanol–water partition coefficient (Wildman–Crippen LogP) is 1.74. The second-order valence-corrected chi connectivity index (χ2v) is 3.71. The summed E-state index contributed by atoms with van der Waals surface area (Å²) < 4.78 is 0. The van der Waals surface area contributed by atoms with Crippen molar-refractivity contribution in [1.82, 2.24) is 9.97 Å². The van der Waals surface area contributed by atoms with Crippen molar-refractivity contribution in [3.8, 4) is 0 Å². The van der Waals surface area contributed by atoms with Gasteiger partial charge in [-0.2, -0.15) is 9.97 Å². The van der Waals surface area contributed by atoms with Gasteiger partial charge in [0, 0.05) is 16.8 Å². The highest BCUT2D eigenvalue weighted by atomic mass is 35.5. The maximum absolute atomic E-state index is 5.87. The molecule has 0 unspecified atom stereocenters. The first-order valence-corrected chi connectivity index (χ1v) is 5.19. The van der Waals surface area contributed by atoms with Gasteiger partial charge in [-0.3, -0.25) is 0 Å². The molecule has 1 aromatic carbocycles. The van der Waals surface area contributed by atoms with E-state index in [1.807, 2.05) is 12.1 Å². The van der Waals surface area contributed by atoms with Crippen LogP contribution in [0, 0.1) is 0 Å². The molecule has 0 fully saturated rings. The minimum absolute atomic E-state index is 0.130. The summed E-state index contributed by atoms with van der Waals surface area (Å²) >= 11 is 5.87. The maximum atomic E-state index is 5.87. The molecule has 1 heterocycles. The lowest BCUT2D eigenvalue weighted by molar-refractivity contribution is 1.15. The van der Waals surface area contributed by atoms with Gasteiger partial charge in [0.1, 0.15) is 11.6 Å². The van der Waals surface area contributed by atoms with Crippen LogP contribution in [0.5, 0.6) is 0 Å². The van der Waals surface area contributed by atoms with Gasteiger partial charge < -0.3 is 16.5 Å². The topological polar surface area (TPSA) is 102 Å². The van der Waals surface area contributed by atoms with Crippen LogP contribution in [0.3, 0.4) is 0 Å². The molecule has 88 valence electrons. The predicted molar refractivity (Wildman–Crippen MR) is 69.0 cm³/mol.